The van der Waals surface area contributed by atoms with Gasteiger partial charge in [0.25, 0.3) is 5.91 Å². The van der Waals surface area contributed by atoms with Crippen molar-refractivity contribution in [2.24, 2.45) is 0 Å². The minimum atomic E-state index is -0.176. The summed E-state index contributed by atoms with van der Waals surface area (Å²) in [7, 11) is 0. The van der Waals surface area contributed by atoms with Gasteiger partial charge < -0.3 is 15.4 Å². The van der Waals surface area contributed by atoms with Gasteiger partial charge in [-0.3, -0.25) is 4.79 Å². The van der Waals surface area contributed by atoms with Crippen LogP contribution in [0.3, 0.4) is 0 Å². The van der Waals surface area contributed by atoms with Crippen LogP contribution in [0.1, 0.15) is 39.9 Å². The van der Waals surface area contributed by atoms with Crippen LogP contribution in [0.2, 0.25) is 0 Å². The van der Waals surface area contributed by atoms with Gasteiger partial charge in [-0.1, -0.05) is 17.7 Å². The van der Waals surface area contributed by atoms with Crippen molar-refractivity contribution >= 4 is 17.5 Å². The number of benzene rings is 1. The minimum Gasteiger partial charge on any atom is -0.376 e. The predicted octanol–water partition coefficient (Wildman–Crippen LogP) is 3.05. The number of amides is 1. The van der Waals surface area contributed by atoms with Crippen LogP contribution >= 0.6 is 0 Å². The standard InChI is InChI=1S/C19H24N4O2/c1-12-7-13(2)17(14(3)8-12)23-19-21-9-15(10-22-19)18(24)20-11-16-5-4-6-25-16/h7-10,16H,4-6,11H2,1-3H3,(H,20,24)(H,21,22,23). The van der Waals surface area contributed by atoms with Crippen molar-refractivity contribution in [3.63, 3.8) is 0 Å². The van der Waals surface area contributed by atoms with E-state index in [0.29, 0.717) is 18.1 Å². The second-order valence-electron chi connectivity index (χ2n) is 6.54. The summed E-state index contributed by atoms with van der Waals surface area (Å²) in [4.78, 5) is 20.7. The molecule has 1 fully saturated rings. The van der Waals surface area contributed by atoms with Gasteiger partial charge in [0, 0.05) is 31.2 Å². The molecule has 1 unspecified atom stereocenters. The van der Waals surface area contributed by atoms with Crippen molar-refractivity contribution in [1.29, 1.82) is 0 Å². The maximum atomic E-state index is 12.1. The Morgan fingerprint density at radius 1 is 1.20 bits per heavy atom. The Kier molecular flexibility index (Phi) is 5.28. The zero-order chi connectivity index (χ0) is 17.8. The van der Waals surface area contributed by atoms with Gasteiger partial charge in [-0.15, -0.1) is 0 Å². The molecule has 6 nitrogen and oxygen atoms in total. The lowest BCUT2D eigenvalue weighted by atomic mass is 10.1. The van der Waals surface area contributed by atoms with E-state index >= 15 is 0 Å². The largest absolute Gasteiger partial charge is 0.376 e. The van der Waals surface area contributed by atoms with Crippen LogP contribution in [0.4, 0.5) is 11.6 Å². The van der Waals surface area contributed by atoms with E-state index < -0.39 is 0 Å². The van der Waals surface area contributed by atoms with Gasteiger partial charge in [0.15, 0.2) is 0 Å². The number of hydrogen-bond acceptors (Lipinski definition) is 5. The number of aryl methyl sites for hydroxylation is 3. The van der Waals surface area contributed by atoms with Gasteiger partial charge in [-0.25, -0.2) is 9.97 Å². The maximum absolute atomic E-state index is 12.1. The third-order valence-electron chi connectivity index (χ3n) is 4.34. The molecule has 0 radical (unpaired) electrons. The van der Waals surface area contributed by atoms with E-state index in [-0.39, 0.29) is 12.0 Å². The van der Waals surface area contributed by atoms with Crippen LogP contribution < -0.4 is 10.6 Å². The molecule has 2 aromatic rings. The van der Waals surface area contributed by atoms with Crippen molar-refractivity contribution in [1.82, 2.24) is 15.3 Å². The molecule has 2 heterocycles. The first-order valence-corrected chi connectivity index (χ1v) is 8.59. The SMILES string of the molecule is Cc1cc(C)c(Nc2ncc(C(=O)NCC3CCCO3)cn2)c(C)c1. The van der Waals surface area contributed by atoms with Crippen molar-refractivity contribution in [3.8, 4) is 0 Å². The second kappa shape index (κ2) is 7.61. The summed E-state index contributed by atoms with van der Waals surface area (Å²) in [6.45, 7) is 7.48. The lowest BCUT2D eigenvalue weighted by Crippen LogP contribution is -2.31. The molecular weight excluding hydrogens is 316 g/mol. The first kappa shape index (κ1) is 17.4. The zero-order valence-corrected chi connectivity index (χ0v) is 14.9. The van der Waals surface area contributed by atoms with Crippen molar-refractivity contribution < 1.29 is 9.53 Å². The van der Waals surface area contributed by atoms with E-state index in [1.54, 1.807) is 12.4 Å². The number of aromatic nitrogens is 2. The summed E-state index contributed by atoms with van der Waals surface area (Å²) < 4.78 is 5.50. The molecule has 1 saturated heterocycles. The van der Waals surface area contributed by atoms with Crippen molar-refractivity contribution in [2.45, 2.75) is 39.7 Å². The molecule has 2 N–H and O–H groups in total. The highest BCUT2D eigenvalue weighted by Crippen LogP contribution is 2.24. The lowest BCUT2D eigenvalue weighted by molar-refractivity contribution is 0.0857. The number of anilines is 2. The molecule has 6 heteroatoms. The van der Waals surface area contributed by atoms with Gasteiger partial charge >= 0.3 is 0 Å². The molecule has 0 bridgehead atoms. The van der Waals surface area contributed by atoms with Crippen LogP contribution in [-0.2, 0) is 4.74 Å². The summed E-state index contributed by atoms with van der Waals surface area (Å²) in [6, 6.07) is 4.23. The summed E-state index contributed by atoms with van der Waals surface area (Å²) >= 11 is 0. The molecule has 0 saturated carbocycles. The van der Waals surface area contributed by atoms with Gasteiger partial charge in [0.05, 0.1) is 11.7 Å². The highest BCUT2D eigenvalue weighted by molar-refractivity contribution is 5.93. The molecule has 0 aliphatic carbocycles. The molecule has 1 amide bonds. The van der Waals surface area contributed by atoms with Crippen LogP contribution in [-0.4, -0.2) is 35.1 Å². The first-order valence-electron chi connectivity index (χ1n) is 8.59. The molecule has 1 aromatic carbocycles. The van der Waals surface area contributed by atoms with Crippen LogP contribution in [0.5, 0.6) is 0 Å². The van der Waals surface area contributed by atoms with E-state index in [1.807, 2.05) is 0 Å². The average Bonchev–Trinajstić information content (AvgIpc) is 3.10. The number of nitrogens with zero attached hydrogens (tertiary/aromatic N) is 2. The van der Waals surface area contributed by atoms with E-state index in [0.717, 1.165) is 36.3 Å². The number of carbonyl (C=O) groups excluding carboxylic acids is 1. The van der Waals surface area contributed by atoms with E-state index in [4.69, 9.17) is 4.74 Å². The van der Waals surface area contributed by atoms with Crippen LogP contribution in [0, 0.1) is 20.8 Å². The van der Waals surface area contributed by atoms with E-state index in [9.17, 15) is 4.79 Å². The molecule has 132 valence electrons. The fourth-order valence-electron chi connectivity index (χ4n) is 3.11. The summed E-state index contributed by atoms with van der Waals surface area (Å²) in [5.41, 5.74) is 4.95. The maximum Gasteiger partial charge on any atom is 0.254 e. The number of rotatable bonds is 5. The zero-order valence-electron chi connectivity index (χ0n) is 14.9. The van der Waals surface area contributed by atoms with Gasteiger partial charge in [-0.2, -0.15) is 0 Å². The van der Waals surface area contributed by atoms with Crippen LogP contribution in [0.15, 0.2) is 24.5 Å². The predicted molar refractivity (Wildman–Crippen MR) is 97.3 cm³/mol. The summed E-state index contributed by atoms with van der Waals surface area (Å²) in [5.74, 6) is 0.301. The normalized spacial score (nSPS) is 16.7. The Morgan fingerprint density at radius 2 is 1.88 bits per heavy atom. The lowest BCUT2D eigenvalue weighted by Gasteiger charge is -2.13. The fraction of sp³-hybridized carbons (Fsp3) is 0.421. The quantitative estimate of drug-likeness (QED) is 0.875. The Bertz CT molecular complexity index is 730. The number of nitrogens with one attached hydrogen (secondary N) is 2. The minimum absolute atomic E-state index is 0.123. The average molecular weight is 340 g/mol. The Morgan fingerprint density at radius 3 is 2.48 bits per heavy atom. The van der Waals surface area contributed by atoms with Gasteiger partial charge in [-0.05, 0) is 44.7 Å². The molecule has 1 aliphatic rings. The topological polar surface area (TPSA) is 76.1 Å². The Labute approximate surface area is 148 Å². The van der Waals surface area contributed by atoms with E-state index in [2.05, 4.69) is 53.5 Å². The number of carbonyl (C=O) groups is 1. The molecule has 3 rings (SSSR count). The second-order valence-corrected chi connectivity index (χ2v) is 6.54. The van der Waals surface area contributed by atoms with E-state index in [1.165, 1.54) is 5.56 Å². The highest BCUT2D eigenvalue weighted by Gasteiger charge is 2.17. The first-order chi connectivity index (χ1) is 12.0. The van der Waals surface area contributed by atoms with Crippen molar-refractivity contribution in [2.75, 3.05) is 18.5 Å². The third-order valence-corrected chi connectivity index (χ3v) is 4.34. The van der Waals surface area contributed by atoms with Crippen molar-refractivity contribution in [3.05, 3.63) is 46.8 Å². The monoisotopic (exact) mass is 340 g/mol. The smallest absolute Gasteiger partial charge is 0.254 e. The molecule has 25 heavy (non-hydrogen) atoms. The van der Waals surface area contributed by atoms with Crippen LogP contribution in [0.25, 0.3) is 0 Å². The summed E-state index contributed by atoms with van der Waals surface area (Å²) in [5, 5.41) is 6.11. The molecule has 1 aromatic heterocycles. The third kappa shape index (κ3) is 4.33. The molecule has 1 aliphatic heterocycles. The highest BCUT2D eigenvalue weighted by atomic mass is 16.5. The Hall–Kier alpha value is -2.47. The number of hydrogen-bond donors (Lipinski definition) is 2. The van der Waals surface area contributed by atoms with Gasteiger partial charge in [0.2, 0.25) is 5.95 Å². The molecule has 0 spiro atoms. The molecule has 1 atom stereocenters. The fourth-order valence-corrected chi connectivity index (χ4v) is 3.11. The number of ether oxygens (including phenoxy) is 1. The van der Waals surface area contributed by atoms with Gasteiger partial charge in [0.1, 0.15) is 0 Å². The Balaban J connectivity index is 1.63. The molecular formula is C19H24N4O2. The summed E-state index contributed by atoms with van der Waals surface area (Å²) in [6.07, 6.45) is 5.26.